The molecule has 0 spiro atoms. The van der Waals surface area contributed by atoms with Gasteiger partial charge in [-0.15, -0.1) is 0 Å². The fraction of sp³-hybridized carbons (Fsp3) is 0.500. The van der Waals surface area contributed by atoms with Crippen LogP contribution in [0.2, 0.25) is 0 Å². The van der Waals surface area contributed by atoms with Gasteiger partial charge in [0.05, 0.1) is 13.2 Å². The van der Waals surface area contributed by atoms with E-state index in [-0.39, 0.29) is 0 Å². The van der Waals surface area contributed by atoms with E-state index >= 15 is 0 Å². The largest absolute Gasteiger partial charge is 0.378 e. The molecular formula is C14H17NO2. The molecule has 2 aliphatic carbocycles. The molecule has 3 rings (SSSR count). The van der Waals surface area contributed by atoms with Gasteiger partial charge in [0.25, 0.3) is 0 Å². The van der Waals surface area contributed by atoms with E-state index in [1.165, 1.54) is 11.3 Å². The van der Waals surface area contributed by atoms with Crippen molar-refractivity contribution in [3.8, 4) is 0 Å². The fourth-order valence-corrected chi connectivity index (χ4v) is 2.81. The van der Waals surface area contributed by atoms with E-state index in [9.17, 15) is 4.79 Å². The second-order valence-corrected chi connectivity index (χ2v) is 4.77. The highest BCUT2D eigenvalue weighted by molar-refractivity contribution is 5.84. The second-order valence-electron chi connectivity index (χ2n) is 4.77. The molecule has 1 heterocycles. The van der Waals surface area contributed by atoms with Crippen LogP contribution in [0, 0.1) is 5.92 Å². The van der Waals surface area contributed by atoms with E-state index in [0.717, 1.165) is 26.3 Å². The van der Waals surface area contributed by atoms with Gasteiger partial charge in [-0.3, -0.25) is 4.79 Å². The van der Waals surface area contributed by atoms with Crippen LogP contribution < -0.4 is 0 Å². The number of carbonyl (C=O) groups excluding carboxylic acids is 1. The summed E-state index contributed by atoms with van der Waals surface area (Å²) in [7, 11) is 0. The zero-order valence-corrected chi connectivity index (χ0v) is 9.89. The molecule has 3 aliphatic rings. The zero-order valence-electron chi connectivity index (χ0n) is 9.89. The molecule has 0 aromatic carbocycles. The molecule has 1 saturated heterocycles. The predicted molar refractivity (Wildman–Crippen MR) is 65.4 cm³/mol. The number of ketones is 1. The van der Waals surface area contributed by atoms with Gasteiger partial charge in [-0.1, -0.05) is 24.3 Å². The standard InChI is InChI=1S/C14H17NO2/c16-12-9-11-3-1-2-4-13(11)14(10-12)15-5-7-17-8-6-15/h1-4,11H,5-10H2. The van der Waals surface area contributed by atoms with Gasteiger partial charge in [-0.2, -0.15) is 0 Å². The predicted octanol–water partition coefficient (Wildman–Crippen LogP) is 1.68. The SMILES string of the molecule is O=C1CC(N2CCOCC2)=C2C=CC=CC2C1. The number of hydrogen-bond acceptors (Lipinski definition) is 3. The molecule has 0 bridgehead atoms. The second kappa shape index (κ2) is 4.49. The number of carbonyl (C=O) groups is 1. The Hall–Kier alpha value is -1.35. The van der Waals surface area contributed by atoms with Crippen LogP contribution in [-0.4, -0.2) is 37.0 Å². The molecule has 1 atom stereocenters. The van der Waals surface area contributed by atoms with Crippen LogP contribution in [0.4, 0.5) is 0 Å². The molecule has 0 saturated carbocycles. The molecule has 0 N–H and O–H groups in total. The third-order valence-corrected chi connectivity index (χ3v) is 3.67. The van der Waals surface area contributed by atoms with Crippen LogP contribution in [-0.2, 0) is 9.53 Å². The highest BCUT2D eigenvalue weighted by atomic mass is 16.5. The van der Waals surface area contributed by atoms with Gasteiger partial charge in [0.1, 0.15) is 5.78 Å². The first-order chi connectivity index (χ1) is 8.34. The lowest BCUT2D eigenvalue weighted by Crippen LogP contribution is -2.38. The molecule has 17 heavy (non-hydrogen) atoms. The number of morpholine rings is 1. The summed E-state index contributed by atoms with van der Waals surface area (Å²) in [5, 5.41) is 0. The van der Waals surface area contributed by atoms with Crippen molar-refractivity contribution in [3.63, 3.8) is 0 Å². The highest BCUT2D eigenvalue weighted by Gasteiger charge is 2.29. The van der Waals surface area contributed by atoms with Gasteiger partial charge >= 0.3 is 0 Å². The number of Topliss-reactive ketones (excluding diaryl/α,β-unsaturated/α-hetero) is 1. The third kappa shape index (κ3) is 2.07. The minimum absolute atomic E-state index is 0.305. The van der Waals surface area contributed by atoms with Crippen molar-refractivity contribution in [1.82, 2.24) is 4.90 Å². The number of fused-ring (bicyclic) bond motifs is 1. The van der Waals surface area contributed by atoms with Crippen molar-refractivity contribution in [2.45, 2.75) is 12.8 Å². The van der Waals surface area contributed by atoms with Crippen molar-refractivity contribution >= 4 is 5.78 Å². The highest BCUT2D eigenvalue weighted by Crippen LogP contribution is 2.34. The maximum Gasteiger partial charge on any atom is 0.139 e. The van der Waals surface area contributed by atoms with Crippen molar-refractivity contribution in [2.75, 3.05) is 26.3 Å². The Labute approximate surface area is 101 Å². The van der Waals surface area contributed by atoms with Gasteiger partial charge in [0, 0.05) is 37.5 Å². The van der Waals surface area contributed by atoms with Crippen LogP contribution in [0.1, 0.15) is 12.8 Å². The van der Waals surface area contributed by atoms with Gasteiger partial charge in [0.15, 0.2) is 0 Å². The average Bonchev–Trinajstić information content (AvgIpc) is 2.39. The first-order valence-corrected chi connectivity index (χ1v) is 6.27. The molecule has 1 unspecified atom stereocenters. The lowest BCUT2D eigenvalue weighted by molar-refractivity contribution is -0.119. The number of allylic oxidation sites excluding steroid dienone is 6. The van der Waals surface area contributed by atoms with Gasteiger partial charge < -0.3 is 9.64 Å². The van der Waals surface area contributed by atoms with Gasteiger partial charge in [0.2, 0.25) is 0 Å². The first kappa shape index (κ1) is 10.8. The summed E-state index contributed by atoms with van der Waals surface area (Å²) >= 11 is 0. The Morgan fingerprint density at radius 1 is 1.24 bits per heavy atom. The van der Waals surface area contributed by atoms with E-state index in [1.807, 2.05) is 6.08 Å². The van der Waals surface area contributed by atoms with E-state index in [1.54, 1.807) is 0 Å². The molecule has 0 radical (unpaired) electrons. The topological polar surface area (TPSA) is 29.5 Å². The maximum absolute atomic E-state index is 11.8. The first-order valence-electron chi connectivity index (χ1n) is 6.27. The molecule has 3 nitrogen and oxygen atoms in total. The van der Waals surface area contributed by atoms with Crippen molar-refractivity contribution in [3.05, 3.63) is 35.6 Å². The normalized spacial score (nSPS) is 28.6. The summed E-state index contributed by atoms with van der Waals surface area (Å²) in [6.45, 7) is 3.37. The third-order valence-electron chi connectivity index (χ3n) is 3.67. The number of rotatable bonds is 1. The molecule has 1 fully saturated rings. The lowest BCUT2D eigenvalue weighted by Gasteiger charge is -2.36. The number of nitrogens with zero attached hydrogens (tertiary/aromatic N) is 1. The fourth-order valence-electron chi connectivity index (χ4n) is 2.81. The Kier molecular flexibility index (Phi) is 2.85. The molecule has 1 aliphatic heterocycles. The number of hydrogen-bond donors (Lipinski definition) is 0. The van der Waals surface area contributed by atoms with Crippen molar-refractivity contribution < 1.29 is 9.53 Å². The van der Waals surface area contributed by atoms with Crippen LogP contribution in [0.15, 0.2) is 35.6 Å². The Morgan fingerprint density at radius 2 is 2.06 bits per heavy atom. The monoisotopic (exact) mass is 231 g/mol. The zero-order chi connectivity index (χ0) is 11.7. The molecule has 0 aromatic heterocycles. The Balaban J connectivity index is 1.93. The van der Waals surface area contributed by atoms with E-state index in [4.69, 9.17) is 4.74 Å². The average molecular weight is 231 g/mol. The van der Waals surface area contributed by atoms with E-state index in [2.05, 4.69) is 23.1 Å². The van der Waals surface area contributed by atoms with Crippen LogP contribution in [0.5, 0.6) is 0 Å². The summed E-state index contributed by atoms with van der Waals surface area (Å²) in [6.07, 6.45) is 9.70. The summed E-state index contributed by atoms with van der Waals surface area (Å²) in [4.78, 5) is 14.1. The summed E-state index contributed by atoms with van der Waals surface area (Å²) < 4.78 is 5.37. The van der Waals surface area contributed by atoms with Crippen LogP contribution in [0.3, 0.4) is 0 Å². The summed E-state index contributed by atoms with van der Waals surface area (Å²) in [5.74, 6) is 0.666. The van der Waals surface area contributed by atoms with Crippen molar-refractivity contribution in [2.24, 2.45) is 5.92 Å². The van der Waals surface area contributed by atoms with Crippen LogP contribution in [0.25, 0.3) is 0 Å². The van der Waals surface area contributed by atoms with Crippen LogP contribution >= 0.6 is 0 Å². The summed E-state index contributed by atoms with van der Waals surface area (Å²) in [5.41, 5.74) is 2.57. The molecule has 90 valence electrons. The number of ether oxygens (including phenoxy) is 1. The Morgan fingerprint density at radius 3 is 2.88 bits per heavy atom. The lowest BCUT2D eigenvalue weighted by atomic mass is 9.82. The van der Waals surface area contributed by atoms with Gasteiger partial charge in [-0.25, -0.2) is 0 Å². The minimum atomic E-state index is 0.305. The van der Waals surface area contributed by atoms with E-state index < -0.39 is 0 Å². The maximum atomic E-state index is 11.8. The minimum Gasteiger partial charge on any atom is -0.378 e. The quantitative estimate of drug-likeness (QED) is 0.687. The van der Waals surface area contributed by atoms with Crippen molar-refractivity contribution in [1.29, 1.82) is 0 Å². The summed E-state index contributed by atoms with van der Waals surface area (Å²) in [6, 6.07) is 0. The molecule has 0 amide bonds. The molecule has 0 aromatic rings. The smallest absolute Gasteiger partial charge is 0.139 e. The molecule has 3 heteroatoms. The van der Waals surface area contributed by atoms with E-state index in [0.29, 0.717) is 24.5 Å². The Bertz CT molecular complexity index is 414. The van der Waals surface area contributed by atoms with Gasteiger partial charge in [-0.05, 0) is 5.57 Å². The molecular weight excluding hydrogens is 214 g/mol.